The first-order valence-corrected chi connectivity index (χ1v) is 5.22. The molecule has 0 atom stereocenters. The predicted molar refractivity (Wildman–Crippen MR) is 65.9 cm³/mol. The van der Waals surface area contributed by atoms with Gasteiger partial charge in [0, 0.05) is 34.5 Å². The highest BCUT2D eigenvalue weighted by Gasteiger charge is 2.07. The lowest BCUT2D eigenvalue weighted by Gasteiger charge is -2.00. The number of H-pyrrole nitrogens is 1. The predicted octanol–water partition coefficient (Wildman–Crippen LogP) is 2.95. The van der Waals surface area contributed by atoms with Crippen LogP contribution in [0.25, 0.3) is 22.2 Å². The molecule has 2 heterocycles. The summed E-state index contributed by atoms with van der Waals surface area (Å²) in [6.45, 7) is 0. The van der Waals surface area contributed by atoms with E-state index in [1.807, 2.05) is 6.20 Å². The molecular formula is C13H10FN3. The molecule has 84 valence electrons. The Hall–Kier alpha value is -2.36. The van der Waals surface area contributed by atoms with Gasteiger partial charge < -0.3 is 10.7 Å². The Morgan fingerprint density at radius 1 is 1.18 bits per heavy atom. The zero-order valence-corrected chi connectivity index (χ0v) is 8.94. The summed E-state index contributed by atoms with van der Waals surface area (Å²) in [5.41, 5.74) is 8.84. The van der Waals surface area contributed by atoms with Crippen LogP contribution in [0.2, 0.25) is 0 Å². The summed E-state index contributed by atoms with van der Waals surface area (Å²) in [6, 6.07) is 8.17. The van der Waals surface area contributed by atoms with Crippen LogP contribution in [0, 0.1) is 5.82 Å². The summed E-state index contributed by atoms with van der Waals surface area (Å²) in [6.07, 6.45) is 3.47. The second-order valence-corrected chi connectivity index (χ2v) is 3.87. The van der Waals surface area contributed by atoms with Crippen LogP contribution in [0.1, 0.15) is 0 Å². The number of nitrogen functional groups attached to an aromatic ring is 1. The van der Waals surface area contributed by atoms with Crippen LogP contribution in [0.4, 0.5) is 10.1 Å². The van der Waals surface area contributed by atoms with Crippen molar-refractivity contribution in [3.8, 4) is 11.3 Å². The fraction of sp³-hybridized carbons (Fsp3) is 0. The standard InChI is InChI=1S/C13H10FN3/c14-8-1-2-10-11(7-17-12(10)5-8)13-6-9(15)3-4-16-13/h1-7,17H,(H2,15,16). The Kier molecular flexibility index (Phi) is 2.08. The molecule has 0 aliphatic carbocycles. The Morgan fingerprint density at radius 3 is 2.88 bits per heavy atom. The number of hydrogen-bond acceptors (Lipinski definition) is 2. The lowest BCUT2D eigenvalue weighted by Crippen LogP contribution is -1.87. The number of nitrogens with zero attached hydrogens (tertiary/aromatic N) is 1. The van der Waals surface area contributed by atoms with E-state index in [9.17, 15) is 4.39 Å². The van der Waals surface area contributed by atoms with Crippen LogP contribution in [0.15, 0.2) is 42.7 Å². The minimum absolute atomic E-state index is 0.258. The molecule has 0 aliphatic rings. The van der Waals surface area contributed by atoms with E-state index in [0.717, 1.165) is 22.2 Å². The Labute approximate surface area is 97.1 Å². The molecule has 2 aromatic heterocycles. The van der Waals surface area contributed by atoms with Crippen molar-refractivity contribution in [1.29, 1.82) is 0 Å². The molecule has 0 unspecified atom stereocenters. The van der Waals surface area contributed by atoms with Gasteiger partial charge in [-0.2, -0.15) is 0 Å². The second kappa shape index (κ2) is 3.59. The maximum absolute atomic E-state index is 13.1. The number of hydrogen-bond donors (Lipinski definition) is 2. The topological polar surface area (TPSA) is 54.7 Å². The van der Waals surface area contributed by atoms with Crippen molar-refractivity contribution in [2.75, 3.05) is 5.73 Å². The van der Waals surface area contributed by atoms with E-state index >= 15 is 0 Å². The summed E-state index contributed by atoms with van der Waals surface area (Å²) in [4.78, 5) is 7.29. The van der Waals surface area contributed by atoms with E-state index in [4.69, 9.17) is 5.73 Å². The van der Waals surface area contributed by atoms with Crippen molar-refractivity contribution in [2.45, 2.75) is 0 Å². The molecule has 0 radical (unpaired) electrons. The Balaban J connectivity index is 2.24. The van der Waals surface area contributed by atoms with Gasteiger partial charge in [0.1, 0.15) is 5.82 Å². The Morgan fingerprint density at radius 2 is 2.06 bits per heavy atom. The lowest BCUT2D eigenvalue weighted by molar-refractivity contribution is 0.629. The minimum Gasteiger partial charge on any atom is -0.399 e. The largest absolute Gasteiger partial charge is 0.399 e. The summed E-state index contributed by atoms with van der Waals surface area (Å²) in [5.74, 6) is -0.258. The normalized spacial score (nSPS) is 10.9. The Bertz CT molecular complexity index is 688. The third-order valence-electron chi connectivity index (χ3n) is 2.70. The first-order valence-electron chi connectivity index (χ1n) is 5.22. The molecule has 1 aromatic carbocycles. The molecule has 0 spiro atoms. The summed E-state index contributed by atoms with van der Waals surface area (Å²) in [7, 11) is 0. The lowest BCUT2D eigenvalue weighted by atomic mass is 10.1. The van der Waals surface area contributed by atoms with E-state index in [2.05, 4.69) is 9.97 Å². The van der Waals surface area contributed by atoms with Crippen molar-refractivity contribution >= 4 is 16.6 Å². The van der Waals surface area contributed by atoms with E-state index in [1.165, 1.54) is 12.1 Å². The maximum atomic E-state index is 13.1. The quantitative estimate of drug-likeness (QED) is 0.671. The number of rotatable bonds is 1. The van der Waals surface area contributed by atoms with Gasteiger partial charge >= 0.3 is 0 Å². The van der Waals surface area contributed by atoms with Gasteiger partial charge in [-0.05, 0) is 30.3 Å². The minimum atomic E-state index is -0.258. The van der Waals surface area contributed by atoms with Gasteiger partial charge in [-0.15, -0.1) is 0 Å². The smallest absolute Gasteiger partial charge is 0.125 e. The van der Waals surface area contributed by atoms with E-state index in [0.29, 0.717) is 5.69 Å². The highest BCUT2D eigenvalue weighted by atomic mass is 19.1. The van der Waals surface area contributed by atoms with Crippen molar-refractivity contribution in [3.63, 3.8) is 0 Å². The van der Waals surface area contributed by atoms with Gasteiger partial charge in [0.25, 0.3) is 0 Å². The number of aromatic nitrogens is 2. The first-order chi connectivity index (χ1) is 8.24. The third kappa shape index (κ3) is 1.63. The average Bonchev–Trinajstić information content (AvgIpc) is 2.71. The molecule has 0 bridgehead atoms. The van der Waals surface area contributed by atoms with Crippen LogP contribution in [-0.4, -0.2) is 9.97 Å². The van der Waals surface area contributed by atoms with E-state index in [-0.39, 0.29) is 5.82 Å². The number of aromatic amines is 1. The molecule has 3 N–H and O–H groups in total. The molecule has 3 rings (SSSR count). The summed E-state index contributed by atoms with van der Waals surface area (Å²) >= 11 is 0. The van der Waals surface area contributed by atoms with Crippen LogP contribution in [0.5, 0.6) is 0 Å². The third-order valence-corrected chi connectivity index (χ3v) is 2.70. The molecule has 0 saturated carbocycles. The number of nitrogens with one attached hydrogen (secondary N) is 1. The maximum Gasteiger partial charge on any atom is 0.125 e. The molecule has 4 heteroatoms. The number of pyridine rings is 1. The number of halogens is 1. The molecular weight excluding hydrogens is 217 g/mol. The van der Waals surface area contributed by atoms with Gasteiger partial charge in [0.2, 0.25) is 0 Å². The first kappa shape index (κ1) is 9.84. The fourth-order valence-electron chi connectivity index (χ4n) is 1.90. The summed E-state index contributed by atoms with van der Waals surface area (Å²) < 4.78 is 13.1. The van der Waals surface area contributed by atoms with Crippen LogP contribution in [-0.2, 0) is 0 Å². The fourth-order valence-corrected chi connectivity index (χ4v) is 1.90. The van der Waals surface area contributed by atoms with Crippen LogP contribution in [0.3, 0.4) is 0 Å². The van der Waals surface area contributed by atoms with Gasteiger partial charge in [-0.25, -0.2) is 4.39 Å². The molecule has 0 amide bonds. The van der Waals surface area contributed by atoms with Crippen molar-refractivity contribution in [2.24, 2.45) is 0 Å². The van der Waals surface area contributed by atoms with Crippen molar-refractivity contribution in [3.05, 3.63) is 48.5 Å². The molecule has 3 aromatic rings. The molecule has 0 saturated heterocycles. The number of nitrogens with two attached hydrogens (primary N) is 1. The average molecular weight is 227 g/mol. The number of anilines is 1. The second-order valence-electron chi connectivity index (χ2n) is 3.87. The molecule has 0 aliphatic heterocycles. The molecule has 3 nitrogen and oxygen atoms in total. The highest BCUT2D eigenvalue weighted by Crippen LogP contribution is 2.28. The monoisotopic (exact) mass is 227 g/mol. The van der Waals surface area contributed by atoms with Gasteiger partial charge in [-0.1, -0.05) is 0 Å². The zero-order chi connectivity index (χ0) is 11.8. The zero-order valence-electron chi connectivity index (χ0n) is 8.94. The molecule has 0 fully saturated rings. The number of benzene rings is 1. The van der Waals surface area contributed by atoms with Crippen LogP contribution < -0.4 is 5.73 Å². The highest BCUT2D eigenvalue weighted by molar-refractivity contribution is 5.94. The summed E-state index contributed by atoms with van der Waals surface area (Å²) in [5, 5.41) is 0.935. The van der Waals surface area contributed by atoms with Gasteiger partial charge in [0.15, 0.2) is 0 Å². The van der Waals surface area contributed by atoms with E-state index < -0.39 is 0 Å². The van der Waals surface area contributed by atoms with E-state index in [1.54, 1.807) is 24.4 Å². The van der Waals surface area contributed by atoms with Crippen molar-refractivity contribution < 1.29 is 4.39 Å². The van der Waals surface area contributed by atoms with Crippen molar-refractivity contribution in [1.82, 2.24) is 9.97 Å². The number of fused-ring (bicyclic) bond motifs is 1. The molecule has 17 heavy (non-hydrogen) atoms. The van der Waals surface area contributed by atoms with Gasteiger partial charge in [0.05, 0.1) is 5.69 Å². The van der Waals surface area contributed by atoms with Gasteiger partial charge in [-0.3, -0.25) is 4.98 Å². The van der Waals surface area contributed by atoms with Crippen LogP contribution >= 0.6 is 0 Å². The SMILES string of the molecule is Nc1ccnc(-c2c[nH]c3cc(F)ccc23)c1.